The topological polar surface area (TPSA) is 43.6 Å². The molecule has 1 aliphatic carbocycles. The fourth-order valence-electron chi connectivity index (χ4n) is 3.64. The zero-order chi connectivity index (χ0) is 16.6. The number of rotatable bonds is 2. The van der Waals surface area contributed by atoms with E-state index < -0.39 is 0 Å². The monoisotopic (exact) mass is 324 g/mol. The highest BCUT2D eigenvalue weighted by molar-refractivity contribution is 5.90. The molecule has 4 aromatic rings. The van der Waals surface area contributed by atoms with Crippen LogP contribution in [0.25, 0.3) is 34.1 Å². The van der Waals surface area contributed by atoms with Gasteiger partial charge in [-0.2, -0.15) is 0 Å². The van der Waals surface area contributed by atoms with Crippen molar-refractivity contribution in [2.24, 2.45) is 0 Å². The second kappa shape index (κ2) is 5.67. The molecule has 0 unspecified atom stereocenters. The summed E-state index contributed by atoms with van der Waals surface area (Å²) >= 11 is 0. The fourth-order valence-corrected chi connectivity index (χ4v) is 3.64. The van der Waals surface area contributed by atoms with E-state index in [-0.39, 0.29) is 0 Å². The number of para-hydroxylation sites is 1. The third-order valence-corrected chi connectivity index (χ3v) is 4.71. The van der Waals surface area contributed by atoms with Crippen molar-refractivity contribution in [3.05, 3.63) is 78.5 Å². The van der Waals surface area contributed by atoms with E-state index in [0.717, 1.165) is 24.1 Å². The summed E-state index contributed by atoms with van der Waals surface area (Å²) in [5.74, 6) is 0.692. The largest absolute Gasteiger partial charge is 0.310 e. The van der Waals surface area contributed by atoms with E-state index in [9.17, 15) is 0 Å². The minimum Gasteiger partial charge on any atom is -0.310 e. The standard InChI is InChI=1S/C21H16N4/c1-3-10-19-17(8-1)18-9-2-4-11-20(18)25(19)16-7-5-6-15(12-16)21-23-13-22-14-24-21/h1,3-8,10-14H,2,9H2. The molecule has 120 valence electrons. The minimum atomic E-state index is 0.692. The van der Waals surface area contributed by atoms with Gasteiger partial charge < -0.3 is 4.57 Å². The maximum Gasteiger partial charge on any atom is 0.162 e. The first kappa shape index (κ1) is 14.1. The average molecular weight is 324 g/mol. The molecular weight excluding hydrogens is 308 g/mol. The molecule has 0 atom stereocenters. The molecular formula is C21H16N4. The Balaban J connectivity index is 1.77. The summed E-state index contributed by atoms with van der Waals surface area (Å²) in [6, 6.07) is 17.0. The van der Waals surface area contributed by atoms with Gasteiger partial charge in [0, 0.05) is 22.3 Å². The van der Waals surface area contributed by atoms with Crippen LogP contribution in [-0.2, 0) is 6.42 Å². The first-order valence-electron chi connectivity index (χ1n) is 8.43. The summed E-state index contributed by atoms with van der Waals surface area (Å²) in [5, 5.41) is 1.34. The second-order valence-corrected chi connectivity index (χ2v) is 6.17. The molecule has 0 fully saturated rings. The average Bonchev–Trinajstić information content (AvgIpc) is 3.03. The van der Waals surface area contributed by atoms with Crippen LogP contribution in [0.5, 0.6) is 0 Å². The Morgan fingerprint density at radius 2 is 1.80 bits per heavy atom. The number of nitrogens with zero attached hydrogens (tertiary/aromatic N) is 4. The quantitative estimate of drug-likeness (QED) is 0.547. The maximum atomic E-state index is 4.28. The lowest BCUT2D eigenvalue weighted by molar-refractivity contribution is 0.967. The molecule has 1 aliphatic rings. The van der Waals surface area contributed by atoms with E-state index in [0.29, 0.717) is 5.82 Å². The van der Waals surface area contributed by atoms with Crippen LogP contribution >= 0.6 is 0 Å². The predicted octanol–water partition coefficient (Wildman–Crippen LogP) is 4.44. The number of aromatic nitrogens is 4. The molecule has 0 saturated carbocycles. The van der Waals surface area contributed by atoms with Gasteiger partial charge in [-0.1, -0.05) is 36.4 Å². The first-order valence-corrected chi connectivity index (χ1v) is 8.43. The molecule has 0 aliphatic heterocycles. The number of fused-ring (bicyclic) bond motifs is 3. The third kappa shape index (κ3) is 2.26. The van der Waals surface area contributed by atoms with Crippen molar-refractivity contribution >= 4 is 17.0 Å². The molecule has 0 spiro atoms. The molecule has 5 rings (SSSR count). The Morgan fingerprint density at radius 3 is 2.72 bits per heavy atom. The molecule has 2 aromatic carbocycles. The number of benzene rings is 2. The van der Waals surface area contributed by atoms with Crippen LogP contribution in [0.15, 0.2) is 67.3 Å². The molecule has 0 bridgehead atoms. The Kier molecular flexibility index (Phi) is 3.20. The van der Waals surface area contributed by atoms with Crippen LogP contribution in [0, 0.1) is 0 Å². The SMILES string of the molecule is C1=Cc2c(c3ccccc3n2-c2cccc(-c3ncncn3)c2)CC1. The summed E-state index contributed by atoms with van der Waals surface area (Å²) in [5.41, 5.74) is 6.07. The molecule has 2 heterocycles. The molecule has 25 heavy (non-hydrogen) atoms. The molecule has 2 aromatic heterocycles. The first-order chi connectivity index (χ1) is 12.4. The van der Waals surface area contributed by atoms with Gasteiger partial charge in [-0.05, 0) is 42.7 Å². The van der Waals surface area contributed by atoms with E-state index in [1.54, 1.807) is 0 Å². The lowest BCUT2D eigenvalue weighted by atomic mass is 10.0. The molecule has 0 radical (unpaired) electrons. The zero-order valence-electron chi connectivity index (χ0n) is 13.6. The summed E-state index contributed by atoms with van der Waals surface area (Å²) in [6.07, 6.45) is 9.76. The summed E-state index contributed by atoms with van der Waals surface area (Å²) in [4.78, 5) is 12.5. The van der Waals surface area contributed by atoms with Crippen LogP contribution in [0.1, 0.15) is 17.7 Å². The van der Waals surface area contributed by atoms with Gasteiger partial charge in [0.1, 0.15) is 12.7 Å². The third-order valence-electron chi connectivity index (χ3n) is 4.71. The van der Waals surface area contributed by atoms with Crippen LogP contribution in [-0.4, -0.2) is 19.5 Å². The van der Waals surface area contributed by atoms with Gasteiger partial charge in [-0.25, -0.2) is 15.0 Å². The van der Waals surface area contributed by atoms with Crippen molar-refractivity contribution in [2.45, 2.75) is 12.8 Å². The molecule has 4 heteroatoms. The number of hydrogen-bond donors (Lipinski definition) is 0. The minimum absolute atomic E-state index is 0.692. The molecule has 0 saturated heterocycles. The van der Waals surface area contributed by atoms with Gasteiger partial charge >= 0.3 is 0 Å². The zero-order valence-corrected chi connectivity index (χ0v) is 13.6. The highest BCUT2D eigenvalue weighted by atomic mass is 15.0. The van der Waals surface area contributed by atoms with Gasteiger partial charge in [0.2, 0.25) is 0 Å². The van der Waals surface area contributed by atoms with Crippen molar-refractivity contribution in [3.8, 4) is 17.1 Å². The second-order valence-electron chi connectivity index (χ2n) is 6.17. The van der Waals surface area contributed by atoms with E-state index in [1.165, 1.54) is 34.8 Å². The predicted molar refractivity (Wildman–Crippen MR) is 99.5 cm³/mol. The number of hydrogen-bond acceptors (Lipinski definition) is 3. The van der Waals surface area contributed by atoms with Crippen molar-refractivity contribution in [1.82, 2.24) is 19.5 Å². The maximum absolute atomic E-state index is 4.28. The Morgan fingerprint density at radius 1 is 0.920 bits per heavy atom. The smallest absolute Gasteiger partial charge is 0.162 e. The normalized spacial score (nSPS) is 13.1. The molecule has 4 nitrogen and oxygen atoms in total. The van der Waals surface area contributed by atoms with Gasteiger partial charge in [-0.15, -0.1) is 0 Å². The van der Waals surface area contributed by atoms with Crippen LogP contribution in [0.3, 0.4) is 0 Å². The lowest BCUT2D eigenvalue weighted by Gasteiger charge is -2.13. The van der Waals surface area contributed by atoms with Crippen molar-refractivity contribution in [1.29, 1.82) is 0 Å². The van der Waals surface area contributed by atoms with Crippen molar-refractivity contribution in [2.75, 3.05) is 0 Å². The summed E-state index contributed by atoms with van der Waals surface area (Å²) in [6.45, 7) is 0. The molecule has 0 N–H and O–H groups in total. The summed E-state index contributed by atoms with van der Waals surface area (Å²) in [7, 11) is 0. The van der Waals surface area contributed by atoms with E-state index in [4.69, 9.17) is 0 Å². The number of aryl methyl sites for hydroxylation is 1. The van der Waals surface area contributed by atoms with E-state index in [1.807, 2.05) is 6.07 Å². The number of allylic oxidation sites excluding steroid dienone is 1. The Hall–Kier alpha value is -3.27. The van der Waals surface area contributed by atoms with Gasteiger partial charge in [0.05, 0.1) is 5.52 Å². The van der Waals surface area contributed by atoms with E-state index >= 15 is 0 Å². The fraction of sp³-hybridized carbons (Fsp3) is 0.0952. The van der Waals surface area contributed by atoms with Crippen LogP contribution in [0.2, 0.25) is 0 Å². The summed E-state index contributed by atoms with van der Waals surface area (Å²) < 4.78 is 2.34. The van der Waals surface area contributed by atoms with E-state index in [2.05, 4.69) is 74.1 Å². The highest BCUT2D eigenvalue weighted by Crippen LogP contribution is 2.34. The van der Waals surface area contributed by atoms with Crippen LogP contribution < -0.4 is 0 Å². The van der Waals surface area contributed by atoms with Crippen molar-refractivity contribution in [3.63, 3.8) is 0 Å². The molecule has 0 amide bonds. The van der Waals surface area contributed by atoms with Gasteiger partial charge in [0.25, 0.3) is 0 Å². The van der Waals surface area contributed by atoms with Gasteiger partial charge in [0.15, 0.2) is 5.82 Å². The van der Waals surface area contributed by atoms with Crippen LogP contribution in [0.4, 0.5) is 0 Å². The van der Waals surface area contributed by atoms with Gasteiger partial charge in [-0.3, -0.25) is 0 Å². The Labute approximate surface area is 145 Å². The Bertz CT molecular complexity index is 1090. The van der Waals surface area contributed by atoms with Crippen molar-refractivity contribution < 1.29 is 0 Å². The highest BCUT2D eigenvalue weighted by Gasteiger charge is 2.18. The lowest BCUT2D eigenvalue weighted by Crippen LogP contribution is -2.00.